The first kappa shape index (κ1) is 14.6. The fourth-order valence-electron chi connectivity index (χ4n) is 1.77. The number of nitrogens with two attached hydrogens (primary N) is 1. The second kappa shape index (κ2) is 5.96. The van der Waals surface area contributed by atoms with Gasteiger partial charge in [0.2, 0.25) is 0 Å². The molecule has 1 heterocycles. The average molecular weight is 249 g/mol. The third kappa shape index (κ3) is 3.53. The van der Waals surface area contributed by atoms with E-state index in [0.717, 1.165) is 5.56 Å². The summed E-state index contributed by atoms with van der Waals surface area (Å²) < 4.78 is 0. The summed E-state index contributed by atoms with van der Waals surface area (Å²) in [6.07, 6.45) is 1.65. The van der Waals surface area contributed by atoms with Gasteiger partial charge in [0.05, 0.1) is 0 Å². The van der Waals surface area contributed by atoms with Crippen LogP contribution >= 0.6 is 0 Å². The van der Waals surface area contributed by atoms with Crippen molar-refractivity contribution in [3.8, 4) is 0 Å². The third-order valence-electron chi connectivity index (χ3n) is 3.05. The molecule has 0 aliphatic heterocycles. The molecule has 0 spiro atoms. The largest absolute Gasteiger partial charge is 0.337 e. The second-order valence-corrected chi connectivity index (χ2v) is 5.36. The molecule has 4 heteroatoms. The summed E-state index contributed by atoms with van der Waals surface area (Å²) in [6.45, 7) is 9.87. The Hall–Kier alpha value is -1.42. The quantitative estimate of drug-likeness (QED) is 0.866. The number of rotatable bonds is 5. The Kier molecular flexibility index (Phi) is 4.84. The van der Waals surface area contributed by atoms with Crippen LogP contribution < -0.4 is 5.73 Å². The molecule has 4 nitrogen and oxygen atoms in total. The minimum absolute atomic E-state index is 0.0166. The molecule has 18 heavy (non-hydrogen) atoms. The first-order valence-electron chi connectivity index (χ1n) is 6.32. The van der Waals surface area contributed by atoms with Gasteiger partial charge >= 0.3 is 0 Å². The van der Waals surface area contributed by atoms with E-state index in [4.69, 9.17) is 5.73 Å². The number of carbonyl (C=O) groups excluding carboxylic acids is 1. The van der Waals surface area contributed by atoms with Gasteiger partial charge in [-0.1, -0.05) is 19.9 Å². The molecule has 0 bridgehead atoms. The van der Waals surface area contributed by atoms with Crippen LogP contribution in [-0.4, -0.2) is 35.4 Å². The predicted molar refractivity (Wildman–Crippen MR) is 73.4 cm³/mol. The van der Waals surface area contributed by atoms with E-state index < -0.39 is 0 Å². The summed E-state index contributed by atoms with van der Waals surface area (Å²) in [5, 5.41) is 0. The zero-order chi connectivity index (χ0) is 13.8. The number of aryl methyl sites for hydroxylation is 1. The average Bonchev–Trinajstić information content (AvgIpc) is 2.36. The molecule has 1 rings (SSSR count). The van der Waals surface area contributed by atoms with Crippen LogP contribution in [0.25, 0.3) is 0 Å². The smallest absolute Gasteiger partial charge is 0.272 e. The maximum Gasteiger partial charge on any atom is 0.272 e. The van der Waals surface area contributed by atoms with E-state index in [1.807, 2.05) is 30.9 Å². The molecule has 100 valence electrons. The van der Waals surface area contributed by atoms with E-state index >= 15 is 0 Å². The maximum absolute atomic E-state index is 12.4. The van der Waals surface area contributed by atoms with Crippen LogP contribution in [0.1, 0.15) is 36.8 Å². The molecular formula is C14H23N3O. The lowest BCUT2D eigenvalue weighted by atomic mass is 9.93. The highest BCUT2D eigenvalue weighted by atomic mass is 16.2. The first-order chi connectivity index (χ1) is 8.41. The van der Waals surface area contributed by atoms with Gasteiger partial charge in [0.25, 0.3) is 5.91 Å². The van der Waals surface area contributed by atoms with E-state index in [1.54, 1.807) is 6.20 Å². The lowest BCUT2D eigenvalue weighted by Crippen LogP contribution is -2.42. The van der Waals surface area contributed by atoms with Gasteiger partial charge in [-0.05, 0) is 37.4 Å². The number of nitrogens with zero attached hydrogens (tertiary/aromatic N) is 2. The van der Waals surface area contributed by atoms with E-state index in [2.05, 4.69) is 18.8 Å². The van der Waals surface area contributed by atoms with Crippen molar-refractivity contribution < 1.29 is 4.79 Å². The fraction of sp³-hybridized carbons (Fsp3) is 0.571. The van der Waals surface area contributed by atoms with E-state index in [0.29, 0.717) is 25.3 Å². The van der Waals surface area contributed by atoms with Crippen molar-refractivity contribution in [2.24, 2.45) is 11.1 Å². The van der Waals surface area contributed by atoms with Crippen LogP contribution in [0.5, 0.6) is 0 Å². The lowest BCUT2D eigenvalue weighted by molar-refractivity contribution is 0.0694. The highest BCUT2D eigenvalue weighted by Crippen LogP contribution is 2.17. The molecule has 1 amide bonds. The summed E-state index contributed by atoms with van der Waals surface area (Å²) in [5.74, 6) is -0.0166. The van der Waals surface area contributed by atoms with Crippen molar-refractivity contribution in [3.63, 3.8) is 0 Å². The SMILES string of the molecule is CCN(CC(C)(C)CN)C(=O)c1ncccc1C. The molecular weight excluding hydrogens is 226 g/mol. The molecule has 0 saturated heterocycles. The number of hydrogen-bond donors (Lipinski definition) is 1. The van der Waals surface area contributed by atoms with Gasteiger partial charge in [0.1, 0.15) is 5.69 Å². The second-order valence-electron chi connectivity index (χ2n) is 5.36. The van der Waals surface area contributed by atoms with Crippen molar-refractivity contribution >= 4 is 5.91 Å². The summed E-state index contributed by atoms with van der Waals surface area (Å²) in [4.78, 5) is 18.4. The zero-order valence-electron chi connectivity index (χ0n) is 11.7. The Morgan fingerprint density at radius 1 is 1.50 bits per heavy atom. The topological polar surface area (TPSA) is 59.2 Å². The molecule has 1 aromatic rings. The standard InChI is InChI=1S/C14H23N3O/c1-5-17(10-14(3,4)9-15)13(18)12-11(2)7-6-8-16-12/h6-8H,5,9-10,15H2,1-4H3. The molecule has 0 aromatic carbocycles. The summed E-state index contributed by atoms with van der Waals surface area (Å²) in [7, 11) is 0. The molecule has 2 N–H and O–H groups in total. The van der Waals surface area contributed by atoms with Crippen molar-refractivity contribution in [2.75, 3.05) is 19.6 Å². The molecule has 0 unspecified atom stereocenters. The molecule has 0 atom stereocenters. The van der Waals surface area contributed by atoms with Crippen LogP contribution in [0.3, 0.4) is 0 Å². The van der Waals surface area contributed by atoms with Crippen LogP contribution in [0.4, 0.5) is 0 Å². The van der Waals surface area contributed by atoms with Crippen molar-refractivity contribution in [2.45, 2.75) is 27.7 Å². The highest BCUT2D eigenvalue weighted by molar-refractivity contribution is 5.93. The Labute approximate surface area is 109 Å². The molecule has 0 radical (unpaired) electrons. The van der Waals surface area contributed by atoms with Crippen molar-refractivity contribution in [1.82, 2.24) is 9.88 Å². The number of carbonyl (C=O) groups is 1. The summed E-state index contributed by atoms with van der Waals surface area (Å²) in [5.41, 5.74) is 7.09. The van der Waals surface area contributed by atoms with Gasteiger partial charge in [0, 0.05) is 19.3 Å². The molecule has 0 fully saturated rings. The zero-order valence-corrected chi connectivity index (χ0v) is 11.7. The number of aromatic nitrogens is 1. The molecule has 0 saturated carbocycles. The Morgan fingerprint density at radius 3 is 2.67 bits per heavy atom. The Balaban J connectivity index is 2.90. The number of pyridine rings is 1. The molecule has 1 aromatic heterocycles. The van der Waals surface area contributed by atoms with Crippen LogP contribution in [0, 0.1) is 12.3 Å². The van der Waals surface area contributed by atoms with E-state index in [-0.39, 0.29) is 11.3 Å². The summed E-state index contributed by atoms with van der Waals surface area (Å²) in [6, 6.07) is 3.74. The maximum atomic E-state index is 12.4. The lowest BCUT2D eigenvalue weighted by Gasteiger charge is -2.31. The minimum atomic E-state index is -0.0750. The molecule has 0 aliphatic carbocycles. The monoisotopic (exact) mass is 249 g/mol. The van der Waals surface area contributed by atoms with Crippen LogP contribution in [-0.2, 0) is 0 Å². The highest BCUT2D eigenvalue weighted by Gasteiger charge is 2.24. The van der Waals surface area contributed by atoms with E-state index in [9.17, 15) is 4.79 Å². The number of hydrogen-bond acceptors (Lipinski definition) is 3. The van der Waals surface area contributed by atoms with Crippen molar-refractivity contribution in [1.29, 1.82) is 0 Å². The normalized spacial score (nSPS) is 11.4. The van der Waals surface area contributed by atoms with E-state index in [1.165, 1.54) is 0 Å². The third-order valence-corrected chi connectivity index (χ3v) is 3.05. The first-order valence-corrected chi connectivity index (χ1v) is 6.32. The summed E-state index contributed by atoms with van der Waals surface area (Å²) >= 11 is 0. The fourth-order valence-corrected chi connectivity index (χ4v) is 1.77. The predicted octanol–water partition coefficient (Wildman–Crippen LogP) is 1.84. The van der Waals surface area contributed by atoms with Crippen molar-refractivity contribution in [3.05, 3.63) is 29.6 Å². The Bertz CT molecular complexity index is 415. The van der Waals surface area contributed by atoms with Gasteiger partial charge in [-0.3, -0.25) is 9.78 Å². The van der Waals surface area contributed by atoms with Crippen LogP contribution in [0.15, 0.2) is 18.3 Å². The van der Waals surface area contributed by atoms with Gasteiger partial charge in [0.15, 0.2) is 0 Å². The van der Waals surface area contributed by atoms with Gasteiger partial charge in [-0.2, -0.15) is 0 Å². The van der Waals surface area contributed by atoms with Gasteiger partial charge in [-0.25, -0.2) is 0 Å². The minimum Gasteiger partial charge on any atom is -0.337 e. The molecule has 0 aliphatic rings. The van der Waals surface area contributed by atoms with Gasteiger partial charge in [-0.15, -0.1) is 0 Å². The Morgan fingerprint density at radius 2 is 2.17 bits per heavy atom. The number of amides is 1. The van der Waals surface area contributed by atoms with Crippen LogP contribution in [0.2, 0.25) is 0 Å². The van der Waals surface area contributed by atoms with Gasteiger partial charge < -0.3 is 10.6 Å².